The Balaban J connectivity index is 1.97. The van der Waals surface area contributed by atoms with Crippen LogP contribution in [0.4, 0.5) is 0 Å². The predicted octanol–water partition coefficient (Wildman–Crippen LogP) is 1.38. The van der Waals surface area contributed by atoms with Crippen LogP contribution in [-0.4, -0.2) is 48.6 Å². The van der Waals surface area contributed by atoms with E-state index in [2.05, 4.69) is 5.16 Å². The number of aliphatic hydroxyl groups excluding tert-OH is 1. The Kier molecular flexibility index (Phi) is 5.14. The van der Waals surface area contributed by atoms with Gasteiger partial charge in [-0.25, -0.2) is 0 Å². The van der Waals surface area contributed by atoms with Gasteiger partial charge in [0.1, 0.15) is 0 Å². The summed E-state index contributed by atoms with van der Waals surface area (Å²) in [6.07, 6.45) is 1.59. The number of methoxy groups -OCH3 is 1. The highest BCUT2D eigenvalue weighted by atomic mass is 16.5. The van der Waals surface area contributed by atoms with Crippen LogP contribution >= 0.6 is 0 Å². The Labute approximate surface area is 111 Å². The summed E-state index contributed by atoms with van der Waals surface area (Å²) in [6.45, 7) is 2.63. The van der Waals surface area contributed by atoms with Crippen LogP contribution < -0.4 is 0 Å². The number of ether oxygens (including phenoxy) is 1. The van der Waals surface area contributed by atoms with Gasteiger partial charge < -0.3 is 18.8 Å². The molecule has 19 heavy (non-hydrogen) atoms. The van der Waals surface area contributed by atoms with Crippen LogP contribution in [-0.2, 0) is 11.3 Å². The van der Waals surface area contributed by atoms with E-state index >= 15 is 0 Å². The number of hydrogen-bond acceptors (Lipinski definition) is 6. The minimum atomic E-state index is 0.104. The Morgan fingerprint density at radius 1 is 1.37 bits per heavy atom. The maximum Gasteiger partial charge on any atom is 0.202 e. The lowest BCUT2D eigenvalue weighted by molar-refractivity contribution is 0.125. The maximum atomic E-state index is 9.03. The average molecular weight is 266 g/mol. The molecule has 0 radical (unpaired) electrons. The first-order chi connectivity index (χ1) is 9.33. The molecule has 104 valence electrons. The van der Waals surface area contributed by atoms with Crippen LogP contribution in [0.3, 0.4) is 0 Å². The molecule has 1 N–H and O–H groups in total. The quantitative estimate of drug-likeness (QED) is 0.778. The average Bonchev–Trinajstić information content (AvgIpc) is 3.06. The van der Waals surface area contributed by atoms with Crippen LogP contribution in [0.25, 0.3) is 11.5 Å². The monoisotopic (exact) mass is 266 g/mol. The van der Waals surface area contributed by atoms with Gasteiger partial charge in [0.25, 0.3) is 0 Å². The molecule has 0 fully saturated rings. The zero-order valence-corrected chi connectivity index (χ0v) is 10.9. The molecular weight excluding hydrogens is 248 g/mol. The van der Waals surface area contributed by atoms with Gasteiger partial charge in [0, 0.05) is 32.8 Å². The molecule has 2 aromatic rings. The van der Waals surface area contributed by atoms with Crippen molar-refractivity contribution in [2.75, 3.05) is 33.4 Å². The fourth-order valence-electron chi connectivity index (χ4n) is 1.78. The molecule has 2 rings (SSSR count). The number of rotatable bonds is 8. The second kappa shape index (κ2) is 7.08. The van der Waals surface area contributed by atoms with Gasteiger partial charge in [-0.1, -0.05) is 5.16 Å². The summed E-state index contributed by atoms with van der Waals surface area (Å²) >= 11 is 0. The lowest BCUT2D eigenvalue weighted by atomic mass is 10.3. The largest absolute Gasteiger partial charge is 0.461 e. The zero-order chi connectivity index (χ0) is 13.5. The Morgan fingerprint density at radius 2 is 2.26 bits per heavy atom. The smallest absolute Gasteiger partial charge is 0.202 e. The summed E-state index contributed by atoms with van der Waals surface area (Å²) in [4.78, 5) is 2.05. The maximum absolute atomic E-state index is 9.03. The van der Waals surface area contributed by atoms with Crippen molar-refractivity contribution in [3.05, 3.63) is 30.2 Å². The summed E-state index contributed by atoms with van der Waals surface area (Å²) in [7, 11) is 1.65. The van der Waals surface area contributed by atoms with Gasteiger partial charge in [0.2, 0.25) is 5.76 Å². The lowest BCUT2D eigenvalue weighted by Gasteiger charge is -2.18. The third-order valence-electron chi connectivity index (χ3n) is 2.74. The van der Waals surface area contributed by atoms with E-state index in [9.17, 15) is 0 Å². The van der Waals surface area contributed by atoms with E-state index in [4.69, 9.17) is 18.8 Å². The van der Waals surface area contributed by atoms with Crippen LogP contribution in [0.15, 0.2) is 33.4 Å². The summed E-state index contributed by atoms with van der Waals surface area (Å²) < 4.78 is 15.5. The van der Waals surface area contributed by atoms with Gasteiger partial charge >= 0.3 is 0 Å². The van der Waals surface area contributed by atoms with E-state index in [1.54, 1.807) is 19.4 Å². The Morgan fingerprint density at radius 3 is 2.95 bits per heavy atom. The molecule has 0 bridgehead atoms. The summed E-state index contributed by atoms with van der Waals surface area (Å²) in [5.41, 5.74) is 0.802. The summed E-state index contributed by atoms with van der Waals surface area (Å²) in [5, 5.41) is 13.0. The van der Waals surface area contributed by atoms with E-state index < -0.39 is 0 Å². The van der Waals surface area contributed by atoms with Crippen molar-refractivity contribution < 1.29 is 18.8 Å². The molecular formula is C13H18N2O4. The number of aliphatic hydroxyl groups is 1. The van der Waals surface area contributed by atoms with Crippen molar-refractivity contribution in [3.63, 3.8) is 0 Å². The minimum absolute atomic E-state index is 0.104. The molecule has 2 heterocycles. The standard InChI is InChI=1S/C13H18N2O4/c1-17-8-5-15(4-6-16)10-11-9-13(19-14-11)12-3-2-7-18-12/h2-3,7,9,16H,4-6,8,10H2,1H3. The van der Waals surface area contributed by atoms with E-state index in [1.807, 2.05) is 17.0 Å². The third-order valence-corrected chi connectivity index (χ3v) is 2.74. The van der Waals surface area contributed by atoms with Gasteiger partial charge in [-0.2, -0.15) is 0 Å². The second-order valence-corrected chi connectivity index (χ2v) is 4.15. The highest BCUT2D eigenvalue weighted by molar-refractivity contribution is 5.49. The molecule has 0 aliphatic carbocycles. The fourth-order valence-corrected chi connectivity index (χ4v) is 1.78. The number of furan rings is 1. The van der Waals surface area contributed by atoms with Crippen LogP contribution in [0.5, 0.6) is 0 Å². The van der Waals surface area contributed by atoms with Gasteiger partial charge in [-0.05, 0) is 12.1 Å². The Hall–Kier alpha value is -1.63. The molecule has 0 aliphatic heterocycles. The fraction of sp³-hybridized carbons (Fsp3) is 0.462. The van der Waals surface area contributed by atoms with Crippen molar-refractivity contribution in [1.29, 1.82) is 0 Å². The topological polar surface area (TPSA) is 71.9 Å². The highest BCUT2D eigenvalue weighted by Crippen LogP contribution is 2.21. The zero-order valence-electron chi connectivity index (χ0n) is 10.9. The van der Waals surface area contributed by atoms with E-state index in [0.29, 0.717) is 31.2 Å². The van der Waals surface area contributed by atoms with Gasteiger partial charge in [0.05, 0.1) is 25.2 Å². The van der Waals surface area contributed by atoms with Crippen molar-refractivity contribution >= 4 is 0 Å². The van der Waals surface area contributed by atoms with Crippen LogP contribution in [0, 0.1) is 0 Å². The molecule has 0 saturated carbocycles. The minimum Gasteiger partial charge on any atom is -0.461 e. The Bertz CT molecular complexity index is 467. The van der Waals surface area contributed by atoms with Gasteiger partial charge in [0.15, 0.2) is 5.76 Å². The van der Waals surface area contributed by atoms with E-state index in [0.717, 1.165) is 12.2 Å². The van der Waals surface area contributed by atoms with Crippen molar-refractivity contribution in [1.82, 2.24) is 10.1 Å². The summed E-state index contributed by atoms with van der Waals surface area (Å²) in [6, 6.07) is 5.46. The molecule has 0 spiro atoms. The predicted molar refractivity (Wildman–Crippen MR) is 68.4 cm³/mol. The molecule has 0 unspecified atom stereocenters. The van der Waals surface area contributed by atoms with Crippen molar-refractivity contribution in [2.24, 2.45) is 0 Å². The molecule has 0 aliphatic rings. The number of aromatic nitrogens is 1. The van der Waals surface area contributed by atoms with Gasteiger partial charge in [-0.15, -0.1) is 0 Å². The van der Waals surface area contributed by atoms with Gasteiger partial charge in [-0.3, -0.25) is 4.90 Å². The molecule has 6 heteroatoms. The molecule has 0 saturated heterocycles. The molecule has 0 atom stereocenters. The lowest BCUT2D eigenvalue weighted by Crippen LogP contribution is -2.29. The van der Waals surface area contributed by atoms with Crippen molar-refractivity contribution in [2.45, 2.75) is 6.54 Å². The van der Waals surface area contributed by atoms with Crippen LogP contribution in [0.2, 0.25) is 0 Å². The molecule has 6 nitrogen and oxygen atoms in total. The first-order valence-electron chi connectivity index (χ1n) is 6.15. The second-order valence-electron chi connectivity index (χ2n) is 4.15. The van der Waals surface area contributed by atoms with E-state index in [1.165, 1.54) is 0 Å². The molecule has 2 aromatic heterocycles. The van der Waals surface area contributed by atoms with Crippen molar-refractivity contribution in [3.8, 4) is 11.5 Å². The number of nitrogens with zero attached hydrogens (tertiary/aromatic N) is 2. The normalized spacial score (nSPS) is 11.3. The molecule has 0 aromatic carbocycles. The first kappa shape index (κ1) is 13.8. The highest BCUT2D eigenvalue weighted by Gasteiger charge is 2.12. The number of hydrogen-bond donors (Lipinski definition) is 1. The summed E-state index contributed by atoms with van der Waals surface area (Å²) in [5.74, 6) is 1.26. The first-order valence-corrected chi connectivity index (χ1v) is 6.15. The van der Waals surface area contributed by atoms with Crippen LogP contribution in [0.1, 0.15) is 5.69 Å². The third kappa shape index (κ3) is 3.92. The SMILES string of the molecule is COCCN(CCO)Cc1cc(-c2ccco2)on1. The van der Waals surface area contributed by atoms with E-state index in [-0.39, 0.29) is 6.61 Å². The molecule has 0 amide bonds.